The Morgan fingerprint density at radius 1 is 1.03 bits per heavy atom. The Labute approximate surface area is 200 Å². The number of carboxylic acid groups (broad SMARTS) is 1. The molecule has 178 valence electrons. The molecule has 0 saturated heterocycles. The number of hydroxylamine groups is 1. The van der Waals surface area contributed by atoms with Gasteiger partial charge in [-0.2, -0.15) is 0 Å². The predicted molar refractivity (Wildman–Crippen MR) is 130 cm³/mol. The van der Waals surface area contributed by atoms with Gasteiger partial charge in [0.05, 0.1) is 5.70 Å². The number of nitrogens with one attached hydrogen (secondary N) is 1. The van der Waals surface area contributed by atoms with Gasteiger partial charge in [-0.3, -0.25) is 15.3 Å². The Balaban J connectivity index is 1.36. The van der Waals surface area contributed by atoms with Crippen LogP contribution in [0.3, 0.4) is 0 Å². The summed E-state index contributed by atoms with van der Waals surface area (Å²) >= 11 is 0. The molecule has 0 spiro atoms. The lowest BCUT2D eigenvalue weighted by atomic mass is 10.1. The Morgan fingerprint density at radius 2 is 1.79 bits per heavy atom. The first-order chi connectivity index (χ1) is 16.5. The lowest BCUT2D eigenvalue weighted by Gasteiger charge is -2.13. The topological polar surface area (TPSA) is 89.9 Å². The van der Waals surface area contributed by atoms with Crippen molar-refractivity contribution in [2.45, 2.75) is 25.9 Å². The number of carboxylic acids is 1. The Bertz CT molecular complexity index is 1040. The normalized spacial score (nSPS) is 11.6. The summed E-state index contributed by atoms with van der Waals surface area (Å²) in [7, 11) is 0. The van der Waals surface area contributed by atoms with Gasteiger partial charge in [-0.05, 0) is 42.3 Å². The fourth-order valence-electron chi connectivity index (χ4n) is 3.27. The number of hydrogen-bond donors (Lipinski definition) is 2. The van der Waals surface area contributed by atoms with Gasteiger partial charge in [0, 0.05) is 36.9 Å². The highest BCUT2D eigenvalue weighted by molar-refractivity contribution is 5.72. The van der Waals surface area contributed by atoms with E-state index in [2.05, 4.69) is 29.2 Å². The first-order valence-corrected chi connectivity index (χ1v) is 11.2. The molecule has 0 bridgehead atoms. The summed E-state index contributed by atoms with van der Waals surface area (Å²) < 4.78 is 10.9. The van der Waals surface area contributed by atoms with Crippen molar-refractivity contribution in [2.75, 3.05) is 19.8 Å². The van der Waals surface area contributed by atoms with E-state index in [1.807, 2.05) is 42.5 Å². The second-order valence-electron chi connectivity index (χ2n) is 7.61. The fourth-order valence-corrected chi connectivity index (χ4v) is 3.27. The van der Waals surface area contributed by atoms with Crippen LogP contribution < -0.4 is 10.2 Å². The van der Waals surface area contributed by atoms with E-state index < -0.39 is 12.1 Å². The van der Waals surface area contributed by atoms with Crippen molar-refractivity contribution in [1.29, 1.82) is 0 Å². The molecule has 1 aromatic heterocycles. The highest BCUT2D eigenvalue weighted by Gasteiger charge is 2.17. The van der Waals surface area contributed by atoms with E-state index in [-0.39, 0.29) is 0 Å². The molecule has 7 heteroatoms. The number of hydrogen-bond acceptors (Lipinski definition) is 6. The first-order valence-electron chi connectivity index (χ1n) is 11.2. The number of carbonyl (C=O) groups is 1. The first kappa shape index (κ1) is 25.0. The van der Waals surface area contributed by atoms with Crippen LogP contribution in [0.1, 0.15) is 29.3 Å². The van der Waals surface area contributed by atoms with Gasteiger partial charge >= 0.3 is 5.97 Å². The van der Waals surface area contributed by atoms with Crippen molar-refractivity contribution in [2.24, 2.45) is 0 Å². The molecule has 0 amide bonds. The van der Waals surface area contributed by atoms with Gasteiger partial charge in [-0.25, -0.2) is 4.79 Å². The Kier molecular flexibility index (Phi) is 9.64. The summed E-state index contributed by atoms with van der Waals surface area (Å²) in [5.74, 6) is -0.292. The van der Waals surface area contributed by atoms with Crippen molar-refractivity contribution in [3.05, 3.63) is 102 Å². The van der Waals surface area contributed by atoms with Crippen LogP contribution in [0.2, 0.25) is 0 Å². The summed E-state index contributed by atoms with van der Waals surface area (Å²) in [6.07, 6.45) is 2.01. The third-order valence-corrected chi connectivity index (χ3v) is 5.04. The number of ether oxygens (including phenoxy) is 2. The highest BCUT2D eigenvalue weighted by Crippen LogP contribution is 2.15. The molecular weight excluding hydrogens is 432 g/mol. The van der Waals surface area contributed by atoms with Crippen molar-refractivity contribution in [3.63, 3.8) is 0 Å². The monoisotopic (exact) mass is 462 g/mol. The Hall–Kier alpha value is -3.68. The minimum Gasteiger partial charge on any atom is -0.491 e. The number of benzene rings is 2. The zero-order valence-corrected chi connectivity index (χ0v) is 19.3. The van der Waals surface area contributed by atoms with E-state index in [9.17, 15) is 9.90 Å². The maximum Gasteiger partial charge on any atom is 0.333 e. The van der Waals surface area contributed by atoms with Crippen LogP contribution in [-0.4, -0.2) is 42.0 Å². The summed E-state index contributed by atoms with van der Waals surface area (Å²) in [6, 6.07) is 21.4. The van der Waals surface area contributed by atoms with Gasteiger partial charge in [0.1, 0.15) is 19.0 Å². The molecule has 0 saturated carbocycles. The number of pyridine rings is 1. The molecule has 3 rings (SSSR count). The molecule has 0 aliphatic carbocycles. The third-order valence-electron chi connectivity index (χ3n) is 5.04. The van der Waals surface area contributed by atoms with Crippen molar-refractivity contribution in [1.82, 2.24) is 10.5 Å². The van der Waals surface area contributed by atoms with Gasteiger partial charge in [0.2, 0.25) is 0 Å². The smallest absolute Gasteiger partial charge is 0.333 e. The molecule has 0 radical (unpaired) electrons. The van der Waals surface area contributed by atoms with Crippen LogP contribution in [0, 0.1) is 0 Å². The van der Waals surface area contributed by atoms with Crippen LogP contribution >= 0.6 is 0 Å². The van der Waals surface area contributed by atoms with Crippen molar-refractivity contribution < 1.29 is 24.2 Å². The largest absolute Gasteiger partial charge is 0.491 e. The fraction of sp³-hybridized carbons (Fsp3) is 0.259. The lowest BCUT2D eigenvalue weighted by molar-refractivity contribution is -0.149. The van der Waals surface area contributed by atoms with Crippen molar-refractivity contribution in [3.8, 4) is 5.75 Å². The Morgan fingerprint density at radius 3 is 2.44 bits per heavy atom. The average molecular weight is 463 g/mol. The minimum atomic E-state index is -0.965. The van der Waals surface area contributed by atoms with E-state index in [1.165, 1.54) is 5.56 Å². The zero-order chi connectivity index (χ0) is 24.2. The summed E-state index contributed by atoms with van der Waals surface area (Å²) in [6.45, 7) is 6.77. The molecule has 2 N–H and O–H groups in total. The van der Waals surface area contributed by atoms with E-state index >= 15 is 0 Å². The molecule has 1 unspecified atom stereocenters. The predicted octanol–water partition coefficient (Wildman–Crippen LogP) is 4.28. The van der Waals surface area contributed by atoms with Gasteiger partial charge in [0.25, 0.3) is 0 Å². The maximum absolute atomic E-state index is 11.2. The van der Waals surface area contributed by atoms with Gasteiger partial charge < -0.3 is 14.6 Å². The molecule has 0 aliphatic heterocycles. The van der Waals surface area contributed by atoms with Crippen LogP contribution in [0.15, 0.2) is 79.5 Å². The average Bonchev–Trinajstić information content (AvgIpc) is 2.85. The van der Waals surface area contributed by atoms with Crippen molar-refractivity contribution >= 4 is 11.7 Å². The van der Waals surface area contributed by atoms with E-state index in [4.69, 9.17) is 14.3 Å². The quantitative estimate of drug-likeness (QED) is 0.273. The van der Waals surface area contributed by atoms with E-state index in [0.29, 0.717) is 37.7 Å². The van der Waals surface area contributed by atoms with Crippen LogP contribution in [0.5, 0.6) is 5.75 Å². The number of aromatic nitrogens is 1. The minimum absolute atomic E-state index is 0.306. The van der Waals surface area contributed by atoms with Gasteiger partial charge in [-0.15, -0.1) is 0 Å². The molecule has 0 fully saturated rings. The molecule has 2 aromatic carbocycles. The molecule has 3 aromatic rings. The number of nitrogens with zero attached hydrogens (tertiary/aromatic N) is 1. The second-order valence-corrected chi connectivity index (χ2v) is 7.61. The molecule has 0 aliphatic rings. The van der Waals surface area contributed by atoms with Gasteiger partial charge in [0.15, 0.2) is 6.10 Å². The second kappa shape index (κ2) is 13.1. The molecule has 1 atom stereocenters. The summed E-state index contributed by atoms with van der Waals surface area (Å²) in [5.41, 5.74) is 7.35. The highest BCUT2D eigenvalue weighted by atomic mass is 16.7. The lowest BCUT2D eigenvalue weighted by Crippen LogP contribution is -2.26. The van der Waals surface area contributed by atoms with E-state index in [0.717, 1.165) is 23.2 Å². The number of aliphatic carboxylic acids is 1. The molecule has 34 heavy (non-hydrogen) atoms. The van der Waals surface area contributed by atoms with Crippen LogP contribution in [0.25, 0.3) is 5.70 Å². The maximum atomic E-state index is 11.2. The molecule has 1 heterocycles. The third kappa shape index (κ3) is 8.03. The van der Waals surface area contributed by atoms with Crippen LogP contribution in [-0.2, 0) is 27.2 Å². The molecule has 7 nitrogen and oxygen atoms in total. The zero-order valence-electron chi connectivity index (χ0n) is 19.3. The number of rotatable bonds is 14. The van der Waals surface area contributed by atoms with Crippen LogP contribution in [0.4, 0.5) is 0 Å². The summed E-state index contributed by atoms with van der Waals surface area (Å²) in [5, 5.41) is 9.19. The SMILES string of the molecule is C=C(NOCCOc1ccc(CC(OCC)C(=O)O)cc1)c1ccc(Cc2ccccc2)nc1. The van der Waals surface area contributed by atoms with E-state index in [1.54, 1.807) is 25.3 Å². The molecular formula is C27H30N2O5. The van der Waals surface area contributed by atoms with Gasteiger partial charge in [-0.1, -0.05) is 49.0 Å². The standard InChI is InChI=1S/C27H30N2O5/c1-3-32-26(27(30)31)18-22-9-13-25(14-10-22)33-15-16-34-29-20(2)23-11-12-24(28-19-23)17-21-7-5-4-6-8-21/h4-14,19,26,29H,2-3,15-18H2,1H3,(H,30,31). The summed E-state index contributed by atoms with van der Waals surface area (Å²) in [4.78, 5) is 21.2.